The van der Waals surface area contributed by atoms with E-state index in [1.54, 1.807) is 5.87 Å². The summed E-state index contributed by atoms with van der Waals surface area (Å²) in [4.78, 5) is 9.59. The van der Waals surface area contributed by atoms with Crippen molar-refractivity contribution in [3.05, 3.63) is 45.0 Å². The van der Waals surface area contributed by atoms with Gasteiger partial charge in [0.25, 0.3) is 5.70 Å². The highest BCUT2D eigenvalue weighted by molar-refractivity contribution is 6.07. The van der Waals surface area contributed by atoms with Crippen molar-refractivity contribution in [2.45, 2.75) is 0 Å². The Bertz CT molecular complexity index is 359. The summed E-state index contributed by atoms with van der Waals surface area (Å²) in [6.07, 6.45) is 3.69. The van der Waals surface area contributed by atoms with Crippen LogP contribution in [0.4, 0.5) is 0 Å². The molecule has 5 heteroatoms. The third-order valence-electron chi connectivity index (χ3n) is 1.32. The summed E-state index contributed by atoms with van der Waals surface area (Å²) in [5, 5.41) is 25.8. The molecule has 1 aliphatic carbocycles. The van der Waals surface area contributed by atoms with Crippen molar-refractivity contribution in [1.29, 1.82) is 5.41 Å². The summed E-state index contributed by atoms with van der Waals surface area (Å²) >= 11 is 0. The van der Waals surface area contributed by atoms with Gasteiger partial charge in [-0.1, -0.05) is 0 Å². The minimum absolute atomic E-state index is 0.181. The normalized spacial score (nSPS) is 15.5. The maximum absolute atomic E-state index is 10.3. The van der Waals surface area contributed by atoms with Gasteiger partial charge in [-0.25, -0.2) is 0 Å². The van der Waals surface area contributed by atoms with Crippen LogP contribution >= 0.6 is 0 Å². The Hall–Kier alpha value is -2.00. The average Bonchev–Trinajstić information content (AvgIpc) is 2.05. The predicted molar refractivity (Wildman–Crippen MR) is 43.8 cm³/mol. The van der Waals surface area contributed by atoms with Crippen LogP contribution < -0.4 is 0 Å². The zero-order valence-corrected chi connectivity index (χ0v) is 5.94. The Morgan fingerprint density at radius 2 is 2.25 bits per heavy atom. The molecular formula is C7H4N3O2-. The lowest BCUT2D eigenvalue weighted by molar-refractivity contribution is -0.415. The molecule has 0 saturated heterocycles. The van der Waals surface area contributed by atoms with Crippen molar-refractivity contribution in [3.63, 3.8) is 0 Å². The van der Waals surface area contributed by atoms with Gasteiger partial charge in [-0.05, 0) is 17.7 Å². The highest BCUT2D eigenvalue weighted by Gasteiger charge is 2.17. The third kappa shape index (κ3) is 1.36. The molecule has 0 aromatic heterocycles. The molecule has 60 valence electrons. The van der Waals surface area contributed by atoms with Crippen LogP contribution in [-0.4, -0.2) is 16.5 Å². The van der Waals surface area contributed by atoms with E-state index in [1.165, 1.54) is 12.2 Å². The fraction of sp³-hybridized carbons (Fsp3) is 0. The lowest BCUT2D eigenvalue weighted by Gasteiger charge is -2.02. The second-order valence-electron chi connectivity index (χ2n) is 2.10. The van der Waals surface area contributed by atoms with Gasteiger partial charge in [0.15, 0.2) is 0 Å². The number of hydrogen-bond acceptors (Lipinski definition) is 3. The molecule has 0 aromatic carbocycles. The zero-order valence-electron chi connectivity index (χ0n) is 5.94. The van der Waals surface area contributed by atoms with Gasteiger partial charge in [0, 0.05) is 6.08 Å². The van der Waals surface area contributed by atoms with E-state index in [1.807, 2.05) is 0 Å². The van der Waals surface area contributed by atoms with E-state index in [9.17, 15) is 10.1 Å². The second-order valence-corrected chi connectivity index (χ2v) is 2.10. The molecule has 0 radical (unpaired) electrons. The third-order valence-corrected chi connectivity index (χ3v) is 1.32. The SMILES string of the molecule is [N-]=C=C1C=CC(=N)C([N+](=O)[O-])=C1. The van der Waals surface area contributed by atoms with E-state index < -0.39 is 4.92 Å². The van der Waals surface area contributed by atoms with Crippen molar-refractivity contribution in [3.8, 4) is 0 Å². The van der Waals surface area contributed by atoms with Crippen LogP contribution in [0.1, 0.15) is 0 Å². The number of nitrogens with zero attached hydrogens (tertiary/aromatic N) is 2. The molecule has 0 bridgehead atoms. The first-order valence-corrected chi connectivity index (χ1v) is 3.05. The fourth-order valence-corrected chi connectivity index (χ4v) is 0.752. The molecule has 0 heterocycles. The molecule has 0 spiro atoms. The molecule has 5 nitrogen and oxygen atoms in total. The van der Waals surface area contributed by atoms with Crippen LogP contribution in [-0.2, 0) is 0 Å². The molecule has 0 saturated carbocycles. The van der Waals surface area contributed by atoms with Gasteiger partial charge in [-0.3, -0.25) is 21.4 Å². The van der Waals surface area contributed by atoms with Crippen LogP contribution in [0.5, 0.6) is 0 Å². The van der Waals surface area contributed by atoms with Gasteiger partial charge < -0.3 is 5.41 Å². The highest BCUT2D eigenvalue weighted by atomic mass is 16.6. The minimum Gasteiger partial charge on any atom is -0.763 e. The predicted octanol–water partition coefficient (Wildman–Crippen LogP) is 0.902. The number of hydrogen-bond donors (Lipinski definition) is 1. The quantitative estimate of drug-likeness (QED) is 0.352. The van der Waals surface area contributed by atoms with Crippen LogP contribution in [0.2, 0.25) is 0 Å². The molecule has 0 amide bonds. The van der Waals surface area contributed by atoms with Gasteiger partial charge in [0.2, 0.25) is 0 Å². The summed E-state index contributed by atoms with van der Waals surface area (Å²) in [5.41, 5.74) is -0.328. The van der Waals surface area contributed by atoms with Crippen molar-refractivity contribution < 1.29 is 4.92 Å². The van der Waals surface area contributed by atoms with Crippen molar-refractivity contribution in [1.82, 2.24) is 0 Å². The first-order valence-electron chi connectivity index (χ1n) is 3.05. The Balaban J connectivity index is 3.15. The van der Waals surface area contributed by atoms with E-state index in [0.717, 1.165) is 6.08 Å². The molecule has 12 heavy (non-hydrogen) atoms. The molecular weight excluding hydrogens is 158 g/mol. The summed E-state index contributed by atoms with van der Waals surface area (Å²) in [6.45, 7) is 0. The van der Waals surface area contributed by atoms with Gasteiger partial charge in [0.1, 0.15) is 5.71 Å². The van der Waals surface area contributed by atoms with Crippen molar-refractivity contribution in [2.24, 2.45) is 0 Å². The molecule has 0 unspecified atom stereocenters. The summed E-state index contributed by atoms with van der Waals surface area (Å²) in [7, 11) is 0. The number of nitro groups is 1. The first-order chi connectivity index (χ1) is 5.65. The Labute approximate surface area is 67.9 Å². The molecule has 1 N–H and O–H groups in total. The Morgan fingerprint density at radius 1 is 1.58 bits per heavy atom. The zero-order chi connectivity index (χ0) is 9.14. The molecule has 0 fully saturated rings. The van der Waals surface area contributed by atoms with Gasteiger partial charge in [-0.2, -0.15) is 0 Å². The topological polar surface area (TPSA) is 89.3 Å². The highest BCUT2D eigenvalue weighted by Crippen LogP contribution is 2.10. The lowest BCUT2D eigenvalue weighted by Crippen LogP contribution is -2.11. The maximum atomic E-state index is 10.3. The molecule has 1 aliphatic rings. The smallest absolute Gasteiger partial charge is 0.295 e. The molecule has 0 aliphatic heterocycles. The number of rotatable bonds is 1. The van der Waals surface area contributed by atoms with Crippen molar-refractivity contribution in [2.75, 3.05) is 0 Å². The largest absolute Gasteiger partial charge is 0.763 e. The summed E-state index contributed by atoms with van der Waals surface area (Å²) in [6, 6.07) is 0. The van der Waals surface area contributed by atoms with Gasteiger partial charge in [-0.15, -0.1) is 0 Å². The monoisotopic (exact) mass is 162 g/mol. The molecule has 0 aromatic rings. The number of nitrogens with one attached hydrogen (secondary N) is 1. The molecule has 0 atom stereocenters. The fourth-order valence-electron chi connectivity index (χ4n) is 0.752. The standard InChI is InChI=1S/C7H4N3O2/c8-4-5-1-2-6(9)7(3-5)10(11)12/h1-3,9H/q-1. The summed E-state index contributed by atoms with van der Waals surface area (Å²) in [5.74, 6) is 1.76. The van der Waals surface area contributed by atoms with E-state index in [0.29, 0.717) is 0 Å². The Morgan fingerprint density at radius 3 is 2.75 bits per heavy atom. The van der Waals surface area contributed by atoms with Crippen molar-refractivity contribution >= 4 is 11.6 Å². The van der Waals surface area contributed by atoms with E-state index in [-0.39, 0.29) is 17.0 Å². The number of allylic oxidation sites excluding steroid dienone is 4. The lowest BCUT2D eigenvalue weighted by atomic mass is 10.1. The Kier molecular flexibility index (Phi) is 1.98. The van der Waals surface area contributed by atoms with Gasteiger partial charge >= 0.3 is 0 Å². The molecule has 1 rings (SSSR count). The first kappa shape index (κ1) is 8.10. The van der Waals surface area contributed by atoms with E-state index >= 15 is 0 Å². The van der Waals surface area contributed by atoms with Crippen LogP contribution in [0.3, 0.4) is 0 Å². The van der Waals surface area contributed by atoms with Crippen LogP contribution in [0, 0.1) is 15.5 Å². The van der Waals surface area contributed by atoms with Crippen LogP contribution in [0.15, 0.2) is 29.5 Å². The average molecular weight is 162 g/mol. The second kappa shape index (κ2) is 2.94. The van der Waals surface area contributed by atoms with Gasteiger partial charge in [0.05, 0.1) is 4.92 Å². The van der Waals surface area contributed by atoms with E-state index in [4.69, 9.17) is 10.8 Å². The van der Waals surface area contributed by atoms with Crippen LogP contribution in [0.25, 0.3) is 5.41 Å². The summed E-state index contributed by atoms with van der Waals surface area (Å²) < 4.78 is 0. The maximum Gasteiger partial charge on any atom is 0.295 e. The minimum atomic E-state index is -0.677. The van der Waals surface area contributed by atoms with E-state index in [2.05, 4.69) is 0 Å².